The summed E-state index contributed by atoms with van der Waals surface area (Å²) in [6.07, 6.45) is 1.13. The van der Waals surface area contributed by atoms with Crippen LogP contribution in [-0.2, 0) is 4.79 Å². The van der Waals surface area contributed by atoms with Crippen molar-refractivity contribution in [2.75, 3.05) is 11.9 Å². The van der Waals surface area contributed by atoms with Gasteiger partial charge in [-0.05, 0) is 54.1 Å². The lowest BCUT2D eigenvalue weighted by atomic mass is 10.1. The molecule has 0 aromatic heterocycles. The van der Waals surface area contributed by atoms with Gasteiger partial charge in [-0.15, -0.1) is 23.2 Å². The highest BCUT2D eigenvalue weighted by molar-refractivity contribution is 6.53. The number of nitrogens with zero attached hydrogens (tertiary/aromatic N) is 1. The Morgan fingerprint density at radius 1 is 0.972 bits per heavy atom. The number of aliphatic imine (C=N–C) groups is 1. The number of ketones is 1. The molecule has 0 radical (unpaired) electrons. The Kier molecular flexibility index (Phi) is 7.93. The van der Waals surface area contributed by atoms with Gasteiger partial charge in [-0.2, -0.15) is 0 Å². The van der Waals surface area contributed by atoms with Crippen LogP contribution in [0.1, 0.15) is 27.4 Å². The fraction of sp³-hybridized carbons (Fsp3) is 0.160. The second-order valence-electron chi connectivity index (χ2n) is 8.08. The predicted molar refractivity (Wildman–Crippen MR) is 140 cm³/mol. The maximum atomic E-state index is 13.7. The van der Waals surface area contributed by atoms with E-state index in [0.717, 1.165) is 12.3 Å². The van der Waals surface area contributed by atoms with Crippen molar-refractivity contribution < 1.29 is 18.4 Å². The van der Waals surface area contributed by atoms with Crippen LogP contribution in [0.4, 0.5) is 14.5 Å². The van der Waals surface area contributed by atoms with Gasteiger partial charge in [0.05, 0.1) is 10.9 Å². The van der Waals surface area contributed by atoms with E-state index in [4.69, 9.17) is 58.0 Å². The Morgan fingerprint density at radius 3 is 2.33 bits per heavy atom. The third-order valence-electron chi connectivity index (χ3n) is 5.54. The highest BCUT2D eigenvalue weighted by atomic mass is 35.5. The van der Waals surface area contributed by atoms with Gasteiger partial charge in [-0.3, -0.25) is 14.6 Å². The first-order valence-corrected chi connectivity index (χ1v) is 12.3. The van der Waals surface area contributed by atoms with Gasteiger partial charge in [0.15, 0.2) is 5.78 Å². The summed E-state index contributed by atoms with van der Waals surface area (Å²) in [7, 11) is 0. The summed E-state index contributed by atoms with van der Waals surface area (Å²) in [6, 6.07) is 12.2. The van der Waals surface area contributed by atoms with Crippen molar-refractivity contribution in [1.29, 1.82) is 0 Å². The van der Waals surface area contributed by atoms with Gasteiger partial charge in [0.2, 0.25) is 5.91 Å². The lowest BCUT2D eigenvalue weighted by Gasteiger charge is -2.08. The second kappa shape index (κ2) is 10.6. The van der Waals surface area contributed by atoms with Gasteiger partial charge in [-0.25, -0.2) is 8.78 Å². The van der Waals surface area contributed by atoms with Crippen molar-refractivity contribution in [3.8, 4) is 0 Å². The lowest BCUT2D eigenvalue weighted by Crippen LogP contribution is -2.17. The number of amides is 1. The van der Waals surface area contributed by atoms with E-state index >= 15 is 0 Å². The molecular weight excluding hydrogens is 576 g/mol. The van der Waals surface area contributed by atoms with Gasteiger partial charge in [0, 0.05) is 45.1 Å². The molecule has 36 heavy (non-hydrogen) atoms. The van der Waals surface area contributed by atoms with E-state index in [-0.39, 0.29) is 22.7 Å². The molecule has 186 valence electrons. The van der Waals surface area contributed by atoms with Crippen LogP contribution in [0.5, 0.6) is 0 Å². The van der Waals surface area contributed by atoms with E-state index < -0.39 is 39.5 Å². The van der Waals surface area contributed by atoms with E-state index in [0.29, 0.717) is 27.4 Å². The Hall–Kier alpha value is -2.22. The standard InChI is InChI=1S/C25H15Cl5F2N2O2/c26-14-5-13(6-15(27)7-14)22-23(25(22,29)30)24(36)34-17-3-4-19(28)18(9-17)21(35)11-33-10-12-1-2-16(31)8-20(12)32/h1-10,22-23H,11H2,(H,34,36). The number of Topliss-reactive ketones (excluding diaryl/α,β-unsaturated/α-hetero) is 1. The third-order valence-corrected chi connectivity index (χ3v) is 7.25. The highest BCUT2D eigenvalue weighted by Crippen LogP contribution is 2.65. The summed E-state index contributed by atoms with van der Waals surface area (Å²) < 4.78 is 25.4. The minimum absolute atomic E-state index is 0.0296. The van der Waals surface area contributed by atoms with Gasteiger partial charge < -0.3 is 5.32 Å². The minimum Gasteiger partial charge on any atom is -0.326 e. The van der Waals surface area contributed by atoms with Crippen LogP contribution < -0.4 is 5.32 Å². The van der Waals surface area contributed by atoms with E-state index in [1.807, 2.05) is 0 Å². The molecule has 1 saturated carbocycles. The predicted octanol–water partition coefficient (Wildman–Crippen LogP) is 7.75. The molecule has 1 aliphatic rings. The summed E-state index contributed by atoms with van der Waals surface area (Å²) >= 11 is 31.1. The van der Waals surface area contributed by atoms with Crippen molar-refractivity contribution in [3.05, 3.63) is 98.0 Å². The van der Waals surface area contributed by atoms with Crippen molar-refractivity contribution in [2.45, 2.75) is 10.3 Å². The van der Waals surface area contributed by atoms with Crippen LogP contribution >= 0.6 is 58.0 Å². The number of hydrogen-bond donors (Lipinski definition) is 1. The molecule has 0 aliphatic heterocycles. The van der Waals surface area contributed by atoms with Gasteiger partial charge in [-0.1, -0.05) is 34.8 Å². The number of halogens is 7. The summed E-state index contributed by atoms with van der Waals surface area (Å²) in [5.74, 6) is -3.79. The molecule has 0 saturated heterocycles. The number of anilines is 1. The smallest absolute Gasteiger partial charge is 0.231 e. The molecule has 1 aliphatic carbocycles. The number of carbonyl (C=O) groups excluding carboxylic acids is 2. The van der Waals surface area contributed by atoms with E-state index in [1.54, 1.807) is 18.2 Å². The Balaban J connectivity index is 1.46. The monoisotopic (exact) mass is 588 g/mol. The van der Waals surface area contributed by atoms with Crippen LogP contribution in [0.25, 0.3) is 0 Å². The van der Waals surface area contributed by atoms with Crippen molar-refractivity contribution in [2.24, 2.45) is 10.9 Å². The number of carbonyl (C=O) groups is 2. The van der Waals surface area contributed by atoms with E-state index in [2.05, 4.69) is 10.3 Å². The molecule has 0 heterocycles. The molecule has 0 spiro atoms. The van der Waals surface area contributed by atoms with Crippen molar-refractivity contribution >= 4 is 81.6 Å². The van der Waals surface area contributed by atoms with E-state index in [9.17, 15) is 18.4 Å². The molecule has 1 fully saturated rings. The SMILES string of the molecule is O=C(CN=Cc1ccc(F)cc1F)c1cc(NC(=O)C2C(c3cc(Cl)cc(Cl)c3)C2(Cl)Cl)ccc1Cl. The quantitative estimate of drug-likeness (QED) is 0.174. The van der Waals surface area contributed by atoms with E-state index in [1.165, 1.54) is 24.3 Å². The summed E-state index contributed by atoms with van der Waals surface area (Å²) in [4.78, 5) is 29.5. The average molecular weight is 591 g/mol. The first-order chi connectivity index (χ1) is 17.0. The number of benzene rings is 3. The fourth-order valence-corrected chi connectivity index (χ4v) is 5.37. The summed E-state index contributed by atoms with van der Waals surface area (Å²) in [6.45, 7) is -0.347. The molecular formula is C25H15Cl5F2N2O2. The van der Waals surface area contributed by atoms with Gasteiger partial charge >= 0.3 is 0 Å². The van der Waals surface area contributed by atoms with Crippen molar-refractivity contribution in [3.63, 3.8) is 0 Å². The van der Waals surface area contributed by atoms with Crippen LogP contribution in [0, 0.1) is 17.6 Å². The molecule has 4 nitrogen and oxygen atoms in total. The van der Waals surface area contributed by atoms with Gasteiger partial charge in [0.25, 0.3) is 0 Å². The molecule has 1 N–H and O–H groups in total. The van der Waals surface area contributed by atoms with Crippen LogP contribution in [0.3, 0.4) is 0 Å². The first-order valence-electron chi connectivity index (χ1n) is 10.4. The highest BCUT2D eigenvalue weighted by Gasteiger charge is 2.67. The number of hydrogen-bond acceptors (Lipinski definition) is 3. The summed E-state index contributed by atoms with van der Waals surface area (Å²) in [5.41, 5.74) is 1.05. The average Bonchev–Trinajstić information content (AvgIpc) is 3.38. The molecule has 3 aromatic rings. The molecule has 4 rings (SSSR count). The summed E-state index contributed by atoms with van der Waals surface area (Å²) in [5, 5.41) is 3.61. The topological polar surface area (TPSA) is 58.5 Å². The molecule has 2 unspecified atom stereocenters. The fourth-order valence-electron chi connectivity index (χ4n) is 3.78. The molecule has 11 heteroatoms. The van der Waals surface area contributed by atoms with Crippen LogP contribution in [0.15, 0.2) is 59.6 Å². The zero-order chi connectivity index (χ0) is 26.2. The maximum absolute atomic E-state index is 13.7. The number of nitrogens with one attached hydrogen (secondary N) is 1. The van der Waals surface area contributed by atoms with Crippen LogP contribution in [0.2, 0.25) is 15.1 Å². The maximum Gasteiger partial charge on any atom is 0.231 e. The third kappa shape index (κ3) is 5.84. The largest absolute Gasteiger partial charge is 0.326 e. The molecule has 1 amide bonds. The second-order valence-corrected chi connectivity index (χ2v) is 10.8. The lowest BCUT2D eigenvalue weighted by molar-refractivity contribution is -0.117. The number of rotatable bonds is 7. The van der Waals surface area contributed by atoms with Crippen molar-refractivity contribution in [1.82, 2.24) is 0 Å². The zero-order valence-corrected chi connectivity index (χ0v) is 21.8. The zero-order valence-electron chi connectivity index (χ0n) is 18.0. The first kappa shape index (κ1) is 26.8. The normalized spacial score (nSPS) is 18.3. The Labute approximate surface area is 230 Å². The minimum atomic E-state index is -1.37. The number of alkyl halides is 2. The molecule has 0 bridgehead atoms. The Morgan fingerprint density at radius 2 is 1.67 bits per heavy atom. The molecule has 2 atom stereocenters. The van der Waals surface area contributed by atoms with Gasteiger partial charge in [0.1, 0.15) is 22.5 Å². The molecule has 3 aromatic carbocycles. The Bertz CT molecular complexity index is 1380. The van der Waals surface area contributed by atoms with Crippen LogP contribution in [-0.4, -0.2) is 28.8 Å².